The quantitative estimate of drug-likeness (QED) is 0.171. The average molecular weight is 829 g/mol. The first kappa shape index (κ1) is 42.8. The fourth-order valence-electron chi connectivity index (χ4n) is 10.1. The lowest BCUT2D eigenvalue weighted by Gasteiger charge is -2.43. The second-order valence-corrected chi connectivity index (χ2v) is 18.0. The Morgan fingerprint density at radius 1 is 0.508 bits per heavy atom. The van der Waals surface area contributed by atoms with Gasteiger partial charge < -0.3 is 56.2 Å². The van der Waals surface area contributed by atoms with Gasteiger partial charge in [-0.25, -0.2) is 19.2 Å². The van der Waals surface area contributed by atoms with Crippen molar-refractivity contribution in [3.63, 3.8) is 0 Å². The van der Waals surface area contributed by atoms with Crippen molar-refractivity contribution in [2.45, 2.75) is 142 Å². The molecule has 0 aromatic rings. The summed E-state index contributed by atoms with van der Waals surface area (Å²) in [6.07, 6.45) is 12.3. The Morgan fingerprint density at radius 3 is 1.24 bits per heavy atom. The lowest BCUT2D eigenvalue weighted by atomic mass is 9.72. The predicted octanol–water partition coefficient (Wildman–Crippen LogP) is 0.854. The first-order valence-electron chi connectivity index (χ1n) is 21.1. The molecule has 6 aliphatic heterocycles. The summed E-state index contributed by atoms with van der Waals surface area (Å²) in [5.41, 5.74) is -1.33. The molecular formula is C39H60N10O10. The molecule has 8 N–H and O–H groups in total. The molecule has 0 unspecified atom stereocenters. The largest absolute Gasteiger partial charge is 0.348 e. The molecule has 0 aromatic heterocycles. The van der Waals surface area contributed by atoms with E-state index in [0.717, 1.165) is 70.8 Å². The number of imide groups is 1. The number of hydrogen-bond acceptors (Lipinski definition) is 12. The highest BCUT2D eigenvalue weighted by atomic mass is 16.7. The van der Waals surface area contributed by atoms with Gasteiger partial charge in [-0.15, -0.1) is 0 Å². The average Bonchev–Trinajstić information content (AvgIpc) is 4.10. The van der Waals surface area contributed by atoms with E-state index in [1.54, 1.807) is 0 Å². The predicted molar refractivity (Wildman–Crippen MR) is 207 cm³/mol. The zero-order chi connectivity index (χ0) is 42.0. The van der Waals surface area contributed by atoms with Crippen LogP contribution >= 0.6 is 0 Å². The number of nitrogens with zero attached hydrogens (tertiary/aromatic N) is 2. The minimum atomic E-state index is -0.725. The summed E-state index contributed by atoms with van der Waals surface area (Å²) >= 11 is 0. The maximum atomic E-state index is 11.7. The zero-order valence-electron chi connectivity index (χ0n) is 34.2. The van der Waals surface area contributed by atoms with Crippen LogP contribution < -0.4 is 42.5 Å². The normalized spacial score (nSPS) is 30.7. The summed E-state index contributed by atoms with van der Waals surface area (Å²) in [4.78, 5) is 69.0. The van der Waals surface area contributed by atoms with Crippen molar-refractivity contribution in [3.05, 3.63) is 0 Å². The SMILES string of the molecule is CN(C)C1(C#N)CCC2(CC1)CNC(=O)N2.O=C1CCC2(CC1)CNC(=O)N2.O=C1NC(=O)C2(CCC3(CC2)OCCO3)N1.O=C1NCC2(CCC3(CC2)OCCO3)N1. The Balaban J connectivity index is 0.000000120. The van der Waals surface area contributed by atoms with Gasteiger partial charge in [-0.3, -0.25) is 19.8 Å². The number of urea groups is 4. The van der Waals surface area contributed by atoms with Crippen molar-refractivity contribution in [2.75, 3.05) is 60.2 Å². The monoisotopic (exact) mass is 828 g/mol. The molecule has 9 amide bonds. The molecule has 0 radical (unpaired) electrons. The molecule has 6 spiro atoms. The van der Waals surface area contributed by atoms with Gasteiger partial charge in [-0.1, -0.05) is 0 Å². The number of nitrogens with one attached hydrogen (secondary N) is 8. The topological polar surface area (TPSA) is 263 Å². The summed E-state index contributed by atoms with van der Waals surface area (Å²) in [5, 5.41) is 31.6. The van der Waals surface area contributed by atoms with Gasteiger partial charge in [0.05, 0.1) is 49.1 Å². The third-order valence-electron chi connectivity index (χ3n) is 14.2. The van der Waals surface area contributed by atoms with Crippen LogP contribution in [0.2, 0.25) is 0 Å². The molecule has 59 heavy (non-hydrogen) atoms. The molecule has 0 aromatic carbocycles. The van der Waals surface area contributed by atoms with E-state index in [4.69, 9.17) is 18.9 Å². The van der Waals surface area contributed by atoms with E-state index in [0.29, 0.717) is 83.8 Å². The lowest BCUT2D eigenvalue weighted by molar-refractivity contribution is -0.185. The van der Waals surface area contributed by atoms with Crippen molar-refractivity contribution in [1.29, 1.82) is 5.26 Å². The molecule has 20 nitrogen and oxygen atoms in total. The van der Waals surface area contributed by atoms with E-state index < -0.39 is 17.4 Å². The molecule has 0 atom stereocenters. The molecule has 10 rings (SSSR count). The van der Waals surface area contributed by atoms with Crippen molar-refractivity contribution in [2.24, 2.45) is 0 Å². The van der Waals surface area contributed by atoms with Crippen LogP contribution in [0.5, 0.6) is 0 Å². The minimum absolute atomic E-state index is 0.0424. The highest BCUT2D eigenvalue weighted by Crippen LogP contribution is 2.43. The summed E-state index contributed by atoms with van der Waals surface area (Å²) in [6, 6.07) is 1.82. The number of hydrogen-bond donors (Lipinski definition) is 8. The number of amides is 9. The number of ketones is 1. The fraction of sp³-hybridized carbons (Fsp3) is 0.821. The lowest BCUT2D eigenvalue weighted by Crippen LogP contribution is -2.54. The van der Waals surface area contributed by atoms with Gasteiger partial charge in [0.1, 0.15) is 16.9 Å². The summed E-state index contributed by atoms with van der Waals surface area (Å²) in [5.74, 6) is -0.732. The van der Waals surface area contributed by atoms with Gasteiger partial charge in [-0.05, 0) is 78.3 Å². The highest BCUT2D eigenvalue weighted by Gasteiger charge is 2.54. The van der Waals surface area contributed by atoms with Crippen molar-refractivity contribution in [3.8, 4) is 6.07 Å². The first-order valence-corrected chi connectivity index (χ1v) is 21.1. The number of Topliss-reactive ketones (excluding diaryl/α,β-unsaturated/α-hetero) is 1. The molecule has 6 heterocycles. The van der Waals surface area contributed by atoms with Crippen LogP contribution in [0.1, 0.15) is 103 Å². The molecule has 6 saturated heterocycles. The smallest absolute Gasteiger partial charge is 0.322 e. The number of ether oxygens (including phenoxy) is 4. The highest BCUT2D eigenvalue weighted by molar-refractivity contribution is 6.07. The van der Waals surface area contributed by atoms with Crippen LogP contribution in [0.3, 0.4) is 0 Å². The Morgan fingerprint density at radius 2 is 0.898 bits per heavy atom. The van der Waals surface area contributed by atoms with Gasteiger partial charge in [0.25, 0.3) is 5.91 Å². The van der Waals surface area contributed by atoms with Gasteiger partial charge in [0.15, 0.2) is 11.6 Å². The maximum Gasteiger partial charge on any atom is 0.322 e. The summed E-state index contributed by atoms with van der Waals surface area (Å²) in [7, 11) is 3.90. The fourth-order valence-corrected chi connectivity index (χ4v) is 10.1. The Kier molecular flexibility index (Phi) is 12.1. The van der Waals surface area contributed by atoms with Gasteiger partial charge in [0.2, 0.25) is 0 Å². The second-order valence-electron chi connectivity index (χ2n) is 18.0. The van der Waals surface area contributed by atoms with Crippen molar-refractivity contribution in [1.82, 2.24) is 47.4 Å². The van der Waals surface area contributed by atoms with Crippen molar-refractivity contribution >= 4 is 35.8 Å². The van der Waals surface area contributed by atoms with E-state index in [1.165, 1.54) is 0 Å². The number of carbonyl (C=O) groups excluding carboxylic acids is 6. The standard InChI is InChI=1S/C11H18N4O.C10H14N2O4.C10H16N2O3.C8H12N2O2/c1-15(2)11(7-12)5-3-10(4-6-11)8-13-9(16)14-10;13-7-9(12-8(14)11-7)1-3-10(4-2-9)15-5-6-16-10;13-8-11-7-9(12-8)1-3-10(4-2-9)14-5-6-15-10;11-6-1-3-8(4-2-6)5-9-7(12)10-8/h3-6,8H2,1-2H3,(H2,13,14,16);1-6H2,(H2,11,12,13,14);1-7H2,(H2,11,12,13);1-5H2,(H2,9,10,12). The van der Waals surface area contributed by atoms with E-state index in [9.17, 15) is 34.0 Å². The van der Waals surface area contributed by atoms with Crippen LogP contribution in [0.4, 0.5) is 19.2 Å². The zero-order valence-corrected chi connectivity index (χ0v) is 34.2. The molecule has 10 fully saturated rings. The molecule has 20 heteroatoms. The van der Waals surface area contributed by atoms with E-state index in [2.05, 4.69) is 48.6 Å². The Labute approximate surface area is 344 Å². The van der Waals surface area contributed by atoms with Crippen LogP contribution in [-0.4, -0.2) is 140 Å². The first-order chi connectivity index (χ1) is 28.1. The number of carbonyl (C=O) groups is 6. The molecule has 326 valence electrons. The number of rotatable bonds is 1. The minimum Gasteiger partial charge on any atom is -0.348 e. The molecule has 10 aliphatic rings. The van der Waals surface area contributed by atoms with E-state index in [-0.39, 0.29) is 51.9 Å². The van der Waals surface area contributed by atoms with E-state index >= 15 is 0 Å². The number of nitriles is 1. The van der Waals surface area contributed by atoms with E-state index in [1.807, 2.05) is 19.0 Å². The second kappa shape index (κ2) is 16.6. The van der Waals surface area contributed by atoms with Gasteiger partial charge in [0, 0.05) is 58.2 Å². The summed E-state index contributed by atoms with van der Waals surface area (Å²) in [6.45, 7) is 4.76. The third kappa shape index (κ3) is 9.23. The molecule has 0 bridgehead atoms. The van der Waals surface area contributed by atoms with Crippen LogP contribution in [0.25, 0.3) is 0 Å². The van der Waals surface area contributed by atoms with Crippen LogP contribution in [-0.2, 0) is 28.5 Å². The van der Waals surface area contributed by atoms with Crippen LogP contribution in [0, 0.1) is 11.3 Å². The molecule has 4 saturated carbocycles. The molecule has 4 aliphatic carbocycles. The molecular weight excluding hydrogens is 768 g/mol. The Bertz CT molecular complexity index is 1670. The van der Waals surface area contributed by atoms with Crippen LogP contribution in [0.15, 0.2) is 0 Å². The van der Waals surface area contributed by atoms with Gasteiger partial charge >= 0.3 is 24.1 Å². The Hall–Kier alpha value is -4.29. The van der Waals surface area contributed by atoms with Crippen molar-refractivity contribution < 1.29 is 47.7 Å². The maximum absolute atomic E-state index is 11.7. The summed E-state index contributed by atoms with van der Waals surface area (Å²) < 4.78 is 22.5. The van der Waals surface area contributed by atoms with Gasteiger partial charge in [-0.2, -0.15) is 5.26 Å². The third-order valence-corrected chi connectivity index (χ3v) is 14.2.